The fraction of sp³-hybridized carbons (Fsp3) is 0.375. The predicted molar refractivity (Wildman–Crippen MR) is 114 cm³/mol. The molecule has 2 aliphatic rings. The molecule has 1 saturated carbocycles. The highest BCUT2D eigenvalue weighted by atomic mass is 19.4. The van der Waals surface area contributed by atoms with Gasteiger partial charge in [0, 0.05) is 0 Å². The van der Waals surface area contributed by atoms with Gasteiger partial charge in [-0.1, -0.05) is 38.1 Å². The molecular formula is C24H24F3N3O. The molecule has 1 aliphatic carbocycles. The van der Waals surface area contributed by atoms with Crippen molar-refractivity contribution in [2.75, 3.05) is 0 Å². The number of hydrogen-bond donors (Lipinski definition) is 2. The van der Waals surface area contributed by atoms with Gasteiger partial charge in [-0.25, -0.2) is 4.98 Å². The highest BCUT2D eigenvalue weighted by Gasteiger charge is 2.42. The lowest BCUT2D eigenvalue weighted by Gasteiger charge is -2.38. The molecule has 0 atom stereocenters. The summed E-state index contributed by atoms with van der Waals surface area (Å²) in [6.07, 6.45) is 1.73. The number of hydroxylamine groups is 1. The lowest BCUT2D eigenvalue weighted by Crippen LogP contribution is -2.37. The van der Waals surface area contributed by atoms with Gasteiger partial charge in [-0.15, -0.1) is 0 Å². The lowest BCUT2D eigenvalue weighted by atomic mass is 9.71. The first-order valence-electron chi connectivity index (χ1n) is 10.5. The van der Waals surface area contributed by atoms with Gasteiger partial charge in [0.1, 0.15) is 11.3 Å². The Labute approximate surface area is 178 Å². The molecule has 2 aromatic carbocycles. The van der Waals surface area contributed by atoms with E-state index in [1.54, 1.807) is 24.3 Å². The van der Waals surface area contributed by atoms with Crippen LogP contribution in [0.4, 0.5) is 13.2 Å². The van der Waals surface area contributed by atoms with Gasteiger partial charge in [0.05, 0.1) is 16.6 Å². The van der Waals surface area contributed by atoms with E-state index in [1.165, 1.54) is 12.1 Å². The number of nitrogens with zero attached hydrogens (tertiary/aromatic N) is 1. The minimum atomic E-state index is -4.41. The van der Waals surface area contributed by atoms with Crippen LogP contribution in [0.1, 0.15) is 50.9 Å². The number of aromatic nitrogens is 2. The molecule has 1 aromatic heterocycles. The average Bonchev–Trinajstić information content (AvgIpc) is 3.34. The summed E-state index contributed by atoms with van der Waals surface area (Å²) in [5.74, 6) is 0.623. The molecule has 1 aliphatic heterocycles. The van der Waals surface area contributed by atoms with Crippen LogP contribution in [0.2, 0.25) is 0 Å². The highest BCUT2D eigenvalue weighted by molar-refractivity contribution is 5.84. The molecule has 4 nitrogen and oxygen atoms in total. The van der Waals surface area contributed by atoms with Gasteiger partial charge in [-0.3, -0.25) is 10.3 Å². The number of hydrogen-bond acceptors (Lipinski definition) is 3. The van der Waals surface area contributed by atoms with E-state index in [4.69, 9.17) is 4.84 Å². The number of nitrogens with one attached hydrogen (secondary N) is 2. The Morgan fingerprint density at radius 3 is 2.48 bits per heavy atom. The summed E-state index contributed by atoms with van der Waals surface area (Å²) in [4.78, 5) is 13.8. The minimum Gasteiger partial charge on any atom is -0.337 e. The monoisotopic (exact) mass is 427 g/mol. The van der Waals surface area contributed by atoms with E-state index in [0.29, 0.717) is 27.8 Å². The fourth-order valence-corrected chi connectivity index (χ4v) is 4.48. The predicted octanol–water partition coefficient (Wildman–Crippen LogP) is 6.46. The Morgan fingerprint density at radius 1 is 1.00 bits per heavy atom. The van der Waals surface area contributed by atoms with Crippen molar-refractivity contribution in [2.45, 2.75) is 51.3 Å². The van der Waals surface area contributed by atoms with Crippen molar-refractivity contribution >= 4 is 16.7 Å². The van der Waals surface area contributed by atoms with Crippen LogP contribution in [0.3, 0.4) is 0 Å². The van der Waals surface area contributed by atoms with E-state index < -0.39 is 11.7 Å². The van der Waals surface area contributed by atoms with E-state index >= 15 is 0 Å². The summed E-state index contributed by atoms with van der Waals surface area (Å²) in [6, 6.07) is 10.7. The van der Waals surface area contributed by atoms with Gasteiger partial charge in [-0.05, 0) is 66.5 Å². The molecule has 162 valence electrons. The van der Waals surface area contributed by atoms with Gasteiger partial charge in [0.15, 0.2) is 5.82 Å². The van der Waals surface area contributed by atoms with Crippen molar-refractivity contribution in [3.05, 3.63) is 59.9 Å². The molecule has 2 N–H and O–H groups in total. The molecule has 3 aromatic rings. The first kappa shape index (κ1) is 20.1. The Bertz CT molecular complexity index is 1170. The molecule has 1 fully saturated rings. The van der Waals surface area contributed by atoms with Gasteiger partial charge in [0.2, 0.25) is 0 Å². The van der Waals surface area contributed by atoms with E-state index in [9.17, 15) is 13.2 Å². The third-order valence-electron chi connectivity index (χ3n) is 6.50. The first-order chi connectivity index (χ1) is 14.6. The summed E-state index contributed by atoms with van der Waals surface area (Å²) in [5.41, 5.74) is 5.16. The molecule has 0 amide bonds. The zero-order chi connectivity index (χ0) is 21.9. The number of imidazole rings is 1. The maximum Gasteiger partial charge on any atom is 0.417 e. The summed E-state index contributed by atoms with van der Waals surface area (Å²) in [5, 5.41) is 0. The first-order valence-corrected chi connectivity index (χ1v) is 10.5. The zero-order valence-corrected chi connectivity index (χ0v) is 17.4. The van der Waals surface area contributed by atoms with Crippen molar-refractivity contribution in [3.63, 3.8) is 0 Å². The molecular weight excluding hydrogens is 403 g/mol. The topological polar surface area (TPSA) is 49.9 Å². The molecule has 0 radical (unpaired) electrons. The second-order valence-corrected chi connectivity index (χ2v) is 9.35. The number of alkyl halides is 3. The number of benzene rings is 2. The Hall–Kier alpha value is -2.80. The van der Waals surface area contributed by atoms with Gasteiger partial charge in [-0.2, -0.15) is 13.2 Å². The van der Waals surface area contributed by atoms with Crippen LogP contribution in [0.25, 0.3) is 27.9 Å². The third-order valence-corrected chi connectivity index (χ3v) is 6.50. The summed E-state index contributed by atoms with van der Waals surface area (Å²) < 4.78 is 40.3. The summed E-state index contributed by atoms with van der Waals surface area (Å²) >= 11 is 0. The van der Waals surface area contributed by atoms with Gasteiger partial charge >= 0.3 is 6.18 Å². The van der Waals surface area contributed by atoms with E-state index in [-0.39, 0.29) is 11.2 Å². The largest absolute Gasteiger partial charge is 0.417 e. The Morgan fingerprint density at radius 2 is 1.74 bits per heavy atom. The normalized spacial score (nSPS) is 20.1. The number of rotatable bonds is 2. The third kappa shape index (κ3) is 3.71. The van der Waals surface area contributed by atoms with Crippen LogP contribution in [0.5, 0.6) is 0 Å². The van der Waals surface area contributed by atoms with Crippen LogP contribution in [0, 0.1) is 5.41 Å². The standard InChI is InChI=1S/C24H24F3N3O/c1-22(2)9-11-23(12-10-22)14-20(30-31-23)21-28-18-8-7-15(13-19(18)29-21)16-5-3-4-6-17(16)24(25,26)27/h3-8,13-14,30H,9-12H2,1-2H3,(H,28,29). The molecule has 1 spiro atoms. The number of aromatic amines is 1. The second-order valence-electron chi connectivity index (χ2n) is 9.35. The minimum absolute atomic E-state index is 0.151. The van der Waals surface area contributed by atoms with Crippen LogP contribution in [-0.4, -0.2) is 15.6 Å². The maximum atomic E-state index is 13.4. The molecule has 0 unspecified atom stereocenters. The number of fused-ring (bicyclic) bond motifs is 1. The molecule has 2 heterocycles. The SMILES string of the molecule is CC1(C)CCC2(C=C(c3nc4ccc(-c5ccccc5C(F)(F)F)cc4[nH]3)NO2)CC1. The van der Waals surface area contributed by atoms with Crippen molar-refractivity contribution in [3.8, 4) is 11.1 Å². The molecule has 31 heavy (non-hydrogen) atoms. The zero-order valence-electron chi connectivity index (χ0n) is 17.4. The van der Waals surface area contributed by atoms with E-state index in [0.717, 1.165) is 37.4 Å². The number of H-pyrrole nitrogens is 1. The van der Waals surface area contributed by atoms with Crippen molar-refractivity contribution in [1.29, 1.82) is 0 Å². The maximum absolute atomic E-state index is 13.4. The van der Waals surface area contributed by atoms with Crippen LogP contribution >= 0.6 is 0 Å². The summed E-state index contributed by atoms with van der Waals surface area (Å²) in [7, 11) is 0. The Kier molecular flexibility index (Phi) is 4.45. The molecule has 7 heteroatoms. The highest BCUT2D eigenvalue weighted by Crippen LogP contribution is 2.45. The Balaban J connectivity index is 1.47. The van der Waals surface area contributed by atoms with E-state index in [2.05, 4.69) is 35.4 Å². The van der Waals surface area contributed by atoms with Crippen molar-refractivity contribution in [1.82, 2.24) is 15.4 Å². The van der Waals surface area contributed by atoms with Crippen molar-refractivity contribution < 1.29 is 18.0 Å². The molecule has 0 saturated heterocycles. The van der Waals surface area contributed by atoms with Gasteiger partial charge in [0.25, 0.3) is 0 Å². The van der Waals surface area contributed by atoms with E-state index in [1.807, 2.05) is 0 Å². The van der Waals surface area contributed by atoms with Crippen molar-refractivity contribution in [2.24, 2.45) is 5.41 Å². The quantitative estimate of drug-likeness (QED) is 0.493. The molecule has 0 bridgehead atoms. The summed E-state index contributed by atoms with van der Waals surface area (Å²) in [6.45, 7) is 4.56. The average molecular weight is 427 g/mol. The van der Waals surface area contributed by atoms with Crippen LogP contribution in [-0.2, 0) is 11.0 Å². The lowest BCUT2D eigenvalue weighted by molar-refractivity contribution is -0.137. The smallest absolute Gasteiger partial charge is 0.337 e. The fourth-order valence-electron chi connectivity index (χ4n) is 4.48. The van der Waals surface area contributed by atoms with Gasteiger partial charge < -0.3 is 4.98 Å². The molecule has 5 rings (SSSR count). The van der Waals surface area contributed by atoms with Crippen LogP contribution < -0.4 is 5.48 Å². The number of halogens is 3. The van der Waals surface area contributed by atoms with Crippen LogP contribution in [0.15, 0.2) is 48.5 Å². The second kappa shape index (κ2) is 6.85.